The van der Waals surface area contributed by atoms with Crippen LogP contribution in [-0.4, -0.2) is 90.5 Å². The van der Waals surface area contributed by atoms with Crippen molar-refractivity contribution in [3.05, 3.63) is 84.9 Å². The van der Waals surface area contributed by atoms with Crippen LogP contribution in [0.25, 0.3) is 21.5 Å². The van der Waals surface area contributed by atoms with Crippen LogP contribution in [0.15, 0.2) is 84.9 Å². The van der Waals surface area contributed by atoms with Gasteiger partial charge in [-0.25, -0.2) is 0 Å². The Bertz CT molecular complexity index is 1330. The molecule has 4 aromatic carbocycles. The second-order valence-electron chi connectivity index (χ2n) is 11.5. The Kier molecular flexibility index (Phi) is 11.8. The average Bonchev–Trinajstić information content (AvgIpc) is 3.05. The maximum Gasteiger partial charge on any atom is 0.127 e. The first-order valence-corrected chi connectivity index (χ1v) is 15.3. The summed E-state index contributed by atoms with van der Waals surface area (Å²) in [7, 11) is 0. The second-order valence-corrected chi connectivity index (χ2v) is 11.5. The molecule has 1 fully saturated rings. The van der Waals surface area contributed by atoms with E-state index in [0.717, 1.165) is 33.0 Å². The largest absolute Gasteiger partial charge is 0.490 e. The Balaban J connectivity index is 1.15. The number of benzene rings is 4. The summed E-state index contributed by atoms with van der Waals surface area (Å²) >= 11 is 0. The highest BCUT2D eigenvalue weighted by Gasteiger charge is 2.29. The van der Waals surface area contributed by atoms with Gasteiger partial charge >= 0.3 is 0 Å². The van der Waals surface area contributed by atoms with Gasteiger partial charge in [-0.1, -0.05) is 72.8 Å². The van der Waals surface area contributed by atoms with Crippen LogP contribution in [0, 0.1) is 0 Å². The van der Waals surface area contributed by atoms with Crippen molar-refractivity contribution in [1.82, 2.24) is 0 Å². The molecular formula is C36H44O8. The van der Waals surface area contributed by atoms with E-state index in [2.05, 4.69) is 36.4 Å². The van der Waals surface area contributed by atoms with Gasteiger partial charge in [-0.2, -0.15) is 0 Å². The van der Waals surface area contributed by atoms with E-state index in [9.17, 15) is 0 Å². The van der Waals surface area contributed by atoms with Crippen molar-refractivity contribution in [3.8, 4) is 11.5 Å². The lowest BCUT2D eigenvalue weighted by Gasteiger charge is -2.31. The van der Waals surface area contributed by atoms with Crippen molar-refractivity contribution >= 4 is 21.5 Å². The molecule has 0 radical (unpaired) electrons. The zero-order valence-electron chi connectivity index (χ0n) is 25.8. The Morgan fingerprint density at radius 1 is 0.477 bits per heavy atom. The Morgan fingerprint density at radius 2 is 0.864 bits per heavy atom. The SMILES string of the molecule is C[C@@]1(COc2cccc3ccccc23)COCCOCCOC[C@@](C)(COc2cccc3ccccc23)OCCOCCO1. The van der Waals surface area contributed by atoms with E-state index in [1.54, 1.807) is 0 Å². The molecule has 44 heavy (non-hydrogen) atoms. The molecule has 0 spiro atoms. The van der Waals surface area contributed by atoms with Crippen molar-refractivity contribution < 1.29 is 37.9 Å². The molecule has 0 bridgehead atoms. The summed E-state index contributed by atoms with van der Waals surface area (Å²) in [4.78, 5) is 0. The van der Waals surface area contributed by atoms with E-state index in [1.165, 1.54) is 0 Å². The molecular weight excluding hydrogens is 560 g/mol. The molecule has 236 valence electrons. The van der Waals surface area contributed by atoms with Gasteiger partial charge < -0.3 is 37.9 Å². The monoisotopic (exact) mass is 604 g/mol. The molecule has 1 saturated heterocycles. The summed E-state index contributed by atoms with van der Waals surface area (Å²) in [5.41, 5.74) is -1.36. The van der Waals surface area contributed by atoms with E-state index in [0.29, 0.717) is 79.3 Å². The van der Waals surface area contributed by atoms with Gasteiger partial charge in [0.15, 0.2) is 0 Å². The first-order valence-electron chi connectivity index (χ1n) is 15.3. The summed E-state index contributed by atoms with van der Waals surface area (Å²) in [6.45, 7) is 8.73. The van der Waals surface area contributed by atoms with Crippen molar-refractivity contribution in [1.29, 1.82) is 0 Å². The molecule has 0 saturated carbocycles. The number of rotatable bonds is 6. The molecule has 0 unspecified atom stereocenters. The van der Waals surface area contributed by atoms with Gasteiger partial charge in [0.1, 0.15) is 35.9 Å². The minimum absolute atomic E-state index is 0.327. The first kappa shape index (κ1) is 32.2. The van der Waals surface area contributed by atoms with Crippen LogP contribution in [0.2, 0.25) is 0 Å². The normalized spacial score (nSPS) is 23.5. The molecule has 1 aliphatic rings. The fourth-order valence-electron chi connectivity index (χ4n) is 5.06. The molecule has 1 aliphatic heterocycles. The van der Waals surface area contributed by atoms with E-state index < -0.39 is 11.2 Å². The third-order valence-corrected chi connectivity index (χ3v) is 7.48. The summed E-state index contributed by atoms with van der Waals surface area (Å²) in [6, 6.07) is 28.5. The smallest absolute Gasteiger partial charge is 0.127 e. The van der Waals surface area contributed by atoms with E-state index in [4.69, 9.17) is 37.9 Å². The maximum absolute atomic E-state index is 6.28. The molecule has 0 aromatic heterocycles. The number of hydrogen-bond acceptors (Lipinski definition) is 8. The zero-order chi connectivity index (χ0) is 30.5. The zero-order valence-corrected chi connectivity index (χ0v) is 25.8. The Morgan fingerprint density at radius 3 is 1.34 bits per heavy atom. The fourth-order valence-corrected chi connectivity index (χ4v) is 5.06. The fraction of sp³-hybridized carbons (Fsp3) is 0.444. The van der Waals surface area contributed by atoms with Gasteiger partial charge in [0, 0.05) is 10.8 Å². The second kappa shape index (κ2) is 16.2. The van der Waals surface area contributed by atoms with Crippen LogP contribution >= 0.6 is 0 Å². The topological polar surface area (TPSA) is 73.8 Å². The van der Waals surface area contributed by atoms with E-state index in [-0.39, 0.29) is 0 Å². The van der Waals surface area contributed by atoms with E-state index in [1.807, 2.05) is 62.4 Å². The van der Waals surface area contributed by atoms with Crippen LogP contribution in [0.4, 0.5) is 0 Å². The van der Waals surface area contributed by atoms with Crippen LogP contribution in [0.3, 0.4) is 0 Å². The molecule has 1 heterocycles. The van der Waals surface area contributed by atoms with Gasteiger partial charge in [0.05, 0.1) is 66.1 Å². The number of hydrogen-bond donors (Lipinski definition) is 0. The predicted octanol–water partition coefficient (Wildman–Crippen LogP) is 6.08. The van der Waals surface area contributed by atoms with Gasteiger partial charge in [-0.3, -0.25) is 0 Å². The number of ether oxygens (including phenoxy) is 8. The van der Waals surface area contributed by atoms with Gasteiger partial charge in [-0.15, -0.1) is 0 Å². The first-order chi connectivity index (χ1) is 21.5. The molecule has 4 aromatic rings. The highest BCUT2D eigenvalue weighted by Crippen LogP contribution is 2.28. The summed E-state index contributed by atoms with van der Waals surface area (Å²) in [5, 5.41) is 4.39. The van der Waals surface area contributed by atoms with Crippen molar-refractivity contribution in [2.24, 2.45) is 0 Å². The van der Waals surface area contributed by atoms with Crippen LogP contribution in [-0.2, 0) is 28.4 Å². The quantitative estimate of drug-likeness (QED) is 0.262. The van der Waals surface area contributed by atoms with Crippen LogP contribution in [0.5, 0.6) is 11.5 Å². The molecule has 2 atom stereocenters. The predicted molar refractivity (Wildman–Crippen MR) is 171 cm³/mol. The van der Waals surface area contributed by atoms with E-state index >= 15 is 0 Å². The Labute approximate surface area is 260 Å². The lowest BCUT2D eigenvalue weighted by molar-refractivity contribution is -0.139. The maximum atomic E-state index is 6.28. The lowest BCUT2D eigenvalue weighted by atomic mass is 10.1. The molecule has 8 heteroatoms. The summed E-state index contributed by atoms with van der Waals surface area (Å²) in [5.74, 6) is 1.63. The summed E-state index contributed by atoms with van der Waals surface area (Å²) in [6.07, 6.45) is 0. The molecule has 5 rings (SSSR count). The highest BCUT2D eigenvalue weighted by molar-refractivity contribution is 5.88. The molecule has 0 amide bonds. The standard InChI is InChI=1S/C36H44O8/c1-35(27-41-33-15-7-11-29-9-3-5-13-31(29)33)25-39-19-17-37-18-20-40-26-36(2,44-24-22-38-21-23-43-35)28-42-34-16-8-12-30-10-4-6-14-32(30)34/h3-16H,17-28H2,1-2H3/t35-,36-/m0/s1. The lowest BCUT2D eigenvalue weighted by Crippen LogP contribution is -2.43. The average molecular weight is 605 g/mol. The van der Waals surface area contributed by atoms with Gasteiger partial charge in [0.25, 0.3) is 0 Å². The van der Waals surface area contributed by atoms with Gasteiger partial charge in [-0.05, 0) is 36.8 Å². The van der Waals surface area contributed by atoms with Crippen molar-refractivity contribution in [2.45, 2.75) is 25.0 Å². The highest BCUT2D eigenvalue weighted by atomic mass is 16.6. The minimum Gasteiger partial charge on any atom is -0.490 e. The minimum atomic E-state index is -0.678. The van der Waals surface area contributed by atoms with Crippen LogP contribution < -0.4 is 9.47 Å². The molecule has 0 N–H and O–H groups in total. The van der Waals surface area contributed by atoms with Crippen molar-refractivity contribution in [2.75, 3.05) is 79.3 Å². The molecule has 8 nitrogen and oxygen atoms in total. The summed E-state index contributed by atoms with van der Waals surface area (Å²) < 4.78 is 48.6. The van der Waals surface area contributed by atoms with Crippen molar-refractivity contribution in [3.63, 3.8) is 0 Å². The molecule has 0 aliphatic carbocycles. The number of fused-ring (bicyclic) bond motifs is 2. The third-order valence-electron chi connectivity index (χ3n) is 7.48. The van der Waals surface area contributed by atoms with Gasteiger partial charge in [0.2, 0.25) is 0 Å². The third kappa shape index (κ3) is 9.38. The Hall–Kier alpha value is -3.24. The van der Waals surface area contributed by atoms with Crippen LogP contribution in [0.1, 0.15) is 13.8 Å².